The number of benzene rings is 1. The highest BCUT2D eigenvalue weighted by atomic mass is 16.6. The quantitative estimate of drug-likeness (QED) is 0.790. The number of amides is 1. The number of carbonyl (C=O) groups excluding carboxylic acids is 2. The van der Waals surface area contributed by atoms with Crippen molar-refractivity contribution in [1.29, 1.82) is 0 Å². The number of carbonyl (C=O) groups is 2. The monoisotopic (exact) mass is 317 g/mol. The van der Waals surface area contributed by atoms with Gasteiger partial charge in [0.2, 0.25) is 0 Å². The molecule has 0 aliphatic carbocycles. The Balaban J connectivity index is 2.21. The van der Waals surface area contributed by atoms with Crippen molar-refractivity contribution in [2.24, 2.45) is 0 Å². The lowest BCUT2D eigenvalue weighted by Gasteiger charge is -2.29. The largest absolute Gasteiger partial charge is 0.464 e. The average Bonchev–Trinajstić information content (AvgIpc) is 2.93. The third-order valence-electron chi connectivity index (χ3n) is 3.58. The van der Waals surface area contributed by atoms with E-state index >= 15 is 0 Å². The minimum Gasteiger partial charge on any atom is -0.464 e. The van der Waals surface area contributed by atoms with Crippen LogP contribution in [-0.2, 0) is 4.74 Å². The summed E-state index contributed by atoms with van der Waals surface area (Å²) >= 11 is 0. The van der Waals surface area contributed by atoms with Crippen LogP contribution in [0.25, 0.3) is 11.0 Å². The molecular formula is C18H23NO4. The zero-order valence-electron chi connectivity index (χ0n) is 14.3. The molecule has 1 amide bonds. The Morgan fingerprint density at radius 2 is 1.96 bits per heavy atom. The van der Waals surface area contributed by atoms with Gasteiger partial charge in [0.15, 0.2) is 5.78 Å². The molecule has 1 atom stereocenters. The lowest BCUT2D eigenvalue weighted by Crippen LogP contribution is -2.44. The average molecular weight is 317 g/mol. The van der Waals surface area contributed by atoms with Crippen LogP contribution >= 0.6 is 0 Å². The van der Waals surface area contributed by atoms with Gasteiger partial charge in [0.05, 0.1) is 12.3 Å². The normalized spacial score (nSPS) is 12.9. The SMILES string of the molecule is CCC(C(=O)c1ccc2occc2c1)N(C)C(=O)OC(C)(C)C. The predicted molar refractivity (Wildman–Crippen MR) is 88.6 cm³/mol. The van der Waals surface area contributed by atoms with Crippen LogP contribution in [0.2, 0.25) is 0 Å². The van der Waals surface area contributed by atoms with Crippen LogP contribution in [0.1, 0.15) is 44.5 Å². The highest BCUT2D eigenvalue weighted by Gasteiger charge is 2.29. The van der Waals surface area contributed by atoms with Gasteiger partial charge >= 0.3 is 6.09 Å². The number of nitrogens with zero attached hydrogens (tertiary/aromatic N) is 1. The molecule has 1 aromatic carbocycles. The number of ketones is 1. The second-order valence-electron chi connectivity index (χ2n) is 6.55. The van der Waals surface area contributed by atoms with E-state index in [2.05, 4.69) is 0 Å². The third-order valence-corrected chi connectivity index (χ3v) is 3.58. The van der Waals surface area contributed by atoms with E-state index in [1.165, 1.54) is 4.90 Å². The first-order valence-corrected chi connectivity index (χ1v) is 7.70. The molecule has 1 heterocycles. The summed E-state index contributed by atoms with van der Waals surface area (Å²) in [5.41, 5.74) is 0.693. The minimum absolute atomic E-state index is 0.107. The van der Waals surface area contributed by atoms with Crippen molar-refractivity contribution in [1.82, 2.24) is 4.90 Å². The van der Waals surface area contributed by atoms with Crippen molar-refractivity contribution < 1.29 is 18.7 Å². The summed E-state index contributed by atoms with van der Waals surface area (Å²) in [5, 5.41) is 0.866. The Labute approximate surface area is 136 Å². The zero-order valence-corrected chi connectivity index (χ0v) is 14.3. The summed E-state index contributed by atoms with van der Waals surface area (Å²) in [6.07, 6.45) is 1.60. The Hall–Kier alpha value is -2.30. The molecule has 0 spiro atoms. The number of furan rings is 1. The molecule has 0 aliphatic rings. The van der Waals surface area contributed by atoms with Crippen LogP contribution in [-0.4, -0.2) is 35.5 Å². The Kier molecular flexibility index (Phi) is 4.78. The maximum atomic E-state index is 12.8. The van der Waals surface area contributed by atoms with Gasteiger partial charge in [-0.1, -0.05) is 6.92 Å². The summed E-state index contributed by atoms with van der Waals surface area (Å²) in [7, 11) is 1.59. The summed E-state index contributed by atoms with van der Waals surface area (Å²) in [4.78, 5) is 26.3. The molecule has 1 aromatic heterocycles. The number of hydrogen-bond acceptors (Lipinski definition) is 4. The van der Waals surface area contributed by atoms with Gasteiger partial charge < -0.3 is 14.1 Å². The Morgan fingerprint density at radius 3 is 2.57 bits per heavy atom. The molecule has 0 aliphatic heterocycles. The Bertz CT molecular complexity index is 711. The van der Waals surface area contributed by atoms with Crippen LogP contribution in [0.15, 0.2) is 34.9 Å². The standard InChI is InChI=1S/C18H23NO4/c1-6-14(19(5)17(21)23-18(2,3)4)16(20)13-7-8-15-12(11-13)9-10-22-15/h7-11,14H,6H2,1-5H3. The maximum Gasteiger partial charge on any atom is 0.410 e. The molecule has 0 saturated carbocycles. The zero-order chi connectivity index (χ0) is 17.2. The summed E-state index contributed by atoms with van der Waals surface area (Å²) < 4.78 is 10.6. The molecule has 0 bridgehead atoms. The van der Waals surface area contributed by atoms with Crippen molar-refractivity contribution >= 4 is 22.8 Å². The van der Waals surface area contributed by atoms with Crippen LogP contribution in [0, 0.1) is 0 Å². The molecule has 2 rings (SSSR count). The first-order chi connectivity index (χ1) is 10.7. The van der Waals surface area contributed by atoms with Gasteiger partial charge in [0.1, 0.15) is 11.2 Å². The first-order valence-electron chi connectivity index (χ1n) is 7.70. The minimum atomic E-state index is -0.595. The van der Waals surface area contributed by atoms with Gasteiger partial charge in [0.25, 0.3) is 0 Å². The molecule has 5 nitrogen and oxygen atoms in total. The molecule has 23 heavy (non-hydrogen) atoms. The molecule has 2 aromatic rings. The molecule has 0 fully saturated rings. The van der Waals surface area contributed by atoms with E-state index in [0.717, 1.165) is 11.0 Å². The van der Waals surface area contributed by atoms with E-state index in [-0.39, 0.29) is 5.78 Å². The first kappa shape index (κ1) is 17.1. The fourth-order valence-corrected chi connectivity index (χ4v) is 2.41. The molecule has 124 valence electrons. The van der Waals surface area contributed by atoms with Gasteiger partial charge in [-0.05, 0) is 51.5 Å². The number of hydrogen-bond donors (Lipinski definition) is 0. The number of ether oxygens (including phenoxy) is 1. The third kappa shape index (κ3) is 3.92. The second-order valence-corrected chi connectivity index (χ2v) is 6.55. The lowest BCUT2D eigenvalue weighted by atomic mass is 10.00. The smallest absolute Gasteiger partial charge is 0.410 e. The molecule has 0 radical (unpaired) electrons. The topological polar surface area (TPSA) is 59.8 Å². The fraction of sp³-hybridized carbons (Fsp3) is 0.444. The van der Waals surface area contributed by atoms with Gasteiger partial charge in [-0.15, -0.1) is 0 Å². The van der Waals surface area contributed by atoms with Crippen LogP contribution in [0.3, 0.4) is 0 Å². The summed E-state index contributed by atoms with van der Waals surface area (Å²) in [6, 6.07) is 6.52. The second kappa shape index (κ2) is 6.44. The highest BCUT2D eigenvalue weighted by Crippen LogP contribution is 2.20. The lowest BCUT2D eigenvalue weighted by molar-refractivity contribution is 0.0214. The van der Waals surface area contributed by atoms with Crippen molar-refractivity contribution in [3.8, 4) is 0 Å². The van der Waals surface area contributed by atoms with E-state index in [1.54, 1.807) is 52.3 Å². The summed E-state index contributed by atoms with van der Waals surface area (Å²) in [6.45, 7) is 7.27. The van der Waals surface area contributed by atoms with Crippen molar-refractivity contribution in [3.05, 3.63) is 36.1 Å². The van der Waals surface area contributed by atoms with E-state index in [4.69, 9.17) is 9.15 Å². The van der Waals surface area contributed by atoms with E-state index in [1.807, 2.05) is 13.0 Å². The van der Waals surface area contributed by atoms with E-state index < -0.39 is 17.7 Å². The van der Waals surface area contributed by atoms with Crippen LogP contribution < -0.4 is 0 Å². The van der Waals surface area contributed by atoms with Gasteiger partial charge in [0, 0.05) is 18.0 Å². The van der Waals surface area contributed by atoms with E-state index in [0.29, 0.717) is 12.0 Å². The molecule has 0 N–H and O–H groups in total. The molecule has 0 saturated heterocycles. The van der Waals surface area contributed by atoms with Gasteiger partial charge in [-0.25, -0.2) is 4.79 Å². The van der Waals surface area contributed by atoms with Gasteiger partial charge in [-0.3, -0.25) is 4.79 Å². The number of likely N-dealkylation sites (N-methyl/N-ethyl adjacent to an activating group) is 1. The number of fused-ring (bicyclic) bond motifs is 1. The fourth-order valence-electron chi connectivity index (χ4n) is 2.41. The highest BCUT2D eigenvalue weighted by molar-refractivity contribution is 6.03. The number of Topliss-reactive ketones (excluding diaryl/α,β-unsaturated/α-hetero) is 1. The van der Waals surface area contributed by atoms with E-state index in [9.17, 15) is 9.59 Å². The van der Waals surface area contributed by atoms with Crippen molar-refractivity contribution in [3.63, 3.8) is 0 Å². The van der Waals surface area contributed by atoms with Crippen LogP contribution in [0.5, 0.6) is 0 Å². The summed E-state index contributed by atoms with van der Waals surface area (Å²) in [5.74, 6) is -0.107. The molecule has 5 heteroatoms. The molecular weight excluding hydrogens is 294 g/mol. The molecule has 1 unspecified atom stereocenters. The van der Waals surface area contributed by atoms with Crippen LogP contribution in [0.4, 0.5) is 4.79 Å². The predicted octanol–water partition coefficient (Wildman–Crippen LogP) is 4.26. The maximum absolute atomic E-state index is 12.8. The van der Waals surface area contributed by atoms with Gasteiger partial charge in [-0.2, -0.15) is 0 Å². The number of rotatable bonds is 4. The van der Waals surface area contributed by atoms with Crippen molar-refractivity contribution in [2.75, 3.05) is 7.05 Å². The Morgan fingerprint density at radius 1 is 1.26 bits per heavy atom. The van der Waals surface area contributed by atoms with Crippen molar-refractivity contribution in [2.45, 2.75) is 45.8 Å².